The van der Waals surface area contributed by atoms with Crippen molar-refractivity contribution in [3.05, 3.63) is 30.0 Å². The van der Waals surface area contributed by atoms with Crippen LogP contribution in [0.2, 0.25) is 0 Å². The summed E-state index contributed by atoms with van der Waals surface area (Å²) in [4.78, 5) is 27.0. The van der Waals surface area contributed by atoms with Gasteiger partial charge < -0.3 is 14.7 Å². The van der Waals surface area contributed by atoms with Gasteiger partial charge in [-0.3, -0.25) is 4.79 Å². The lowest BCUT2D eigenvalue weighted by Gasteiger charge is -2.44. The Morgan fingerprint density at radius 2 is 2.29 bits per heavy atom. The molecule has 0 saturated carbocycles. The number of hydrogen-bond donors (Lipinski definition) is 1. The van der Waals surface area contributed by atoms with E-state index >= 15 is 0 Å². The van der Waals surface area contributed by atoms with E-state index in [1.54, 1.807) is 19.2 Å². The third-order valence-corrected chi connectivity index (χ3v) is 5.74. The standard InChI is InChI=1S/C16H18N3O4S/c1-8(20)14-10-4-5-11(19(10)15(14)21)16(22)23-13-7-18-9(2)17(3)6-12(18)24-13/h5-8,10,14,20H,4H2,1-3H3/q+1/t8-,10-,14-/m1/s1. The first-order chi connectivity index (χ1) is 11.4. The normalized spacial score (nSPS) is 23.9. The van der Waals surface area contributed by atoms with Crippen LogP contribution in [0.3, 0.4) is 0 Å². The van der Waals surface area contributed by atoms with Gasteiger partial charge in [-0.2, -0.15) is 4.40 Å². The molecule has 2 aliphatic heterocycles. The number of aliphatic hydroxyl groups excluding tert-OH is 1. The maximum absolute atomic E-state index is 12.4. The van der Waals surface area contributed by atoms with Crippen LogP contribution in [-0.2, 0) is 16.6 Å². The van der Waals surface area contributed by atoms with Gasteiger partial charge in [-0.25, -0.2) is 9.36 Å². The number of aromatic nitrogens is 2. The number of rotatable bonds is 3. The summed E-state index contributed by atoms with van der Waals surface area (Å²) >= 11 is 1.37. The quantitative estimate of drug-likeness (QED) is 0.499. The lowest BCUT2D eigenvalue weighted by Crippen LogP contribution is -2.62. The highest BCUT2D eigenvalue weighted by molar-refractivity contribution is 7.19. The Balaban J connectivity index is 1.51. The molecule has 1 fully saturated rings. The lowest BCUT2D eigenvalue weighted by molar-refractivity contribution is -0.676. The van der Waals surface area contributed by atoms with Crippen LogP contribution in [0.15, 0.2) is 24.2 Å². The third kappa shape index (κ3) is 2.03. The maximum atomic E-state index is 12.4. The topological polar surface area (TPSA) is 75.1 Å². The Bertz CT molecular complexity index is 895. The van der Waals surface area contributed by atoms with Crippen molar-refractivity contribution in [1.29, 1.82) is 0 Å². The molecule has 0 spiro atoms. The summed E-state index contributed by atoms with van der Waals surface area (Å²) < 4.78 is 9.41. The average molecular weight is 348 g/mol. The minimum Gasteiger partial charge on any atom is -0.407 e. The first kappa shape index (κ1) is 15.3. The minimum atomic E-state index is -0.703. The Morgan fingerprint density at radius 1 is 1.54 bits per heavy atom. The minimum absolute atomic E-state index is 0.125. The van der Waals surface area contributed by atoms with Crippen molar-refractivity contribution in [1.82, 2.24) is 9.30 Å². The molecule has 2 aromatic rings. The molecule has 0 radical (unpaired) electrons. The summed E-state index contributed by atoms with van der Waals surface area (Å²) in [7, 11) is 1.96. The van der Waals surface area contributed by atoms with Gasteiger partial charge >= 0.3 is 5.97 Å². The molecule has 3 atom stereocenters. The molecule has 8 heteroatoms. The van der Waals surface area contributed by atoms with Crippen LogP contribution in [-0.4, -0.2) is 38.4 Å². The van der Waals surface area contributed by atoms with Crippen molar-refractivity contribution in [2.24, 2.45) is 13.0 Å². The third-order valence-electron chi connectivity index (χ3n) is 4.84. The van der Waals surface area contributed by atoms with Gasteiger partial charge in [-0.1, -0.05) is 6.08 Å². The fourth-order valence-corrected chi connectivity index (χ4v) is 4.44. The van der Waals surface area contributed by atoms with Gasteiger partial charge in [0.15, 0.2) is 6.20 Å². The van der Waals surface area contributed by atoms with Crippen molar-refractivity contribution in [3.8, 4) is 5.06 Å². The molecule has 1 N–H and O–H groups in total. The number of ether oxygens (including phenoxy) is 1. The van der Waals surface area contributed by atoms with Crippen LogP contribution < -0.4 is 9.30 Å². The molecule has 0 aromatic carbocycles. The molecule has 4 heterocycles. The highest BCUT2D eigenvalue weighted by atomic mass is 32.1. The van der Waals surface area contributed by atoms with Crippen molar-refractivity contribution in [3.63, 3.8) is 0 Å². The van der Waals surface area contributed by atoms with Crippen molar-refractivity contribution < 1.29 is 24.0 Å². The molecule has 1 amide bonds. The summed E-state index contributed by atoms with van der Waals surface area (Å²) in [6, 6.07) is -0.125. The number of fused-ring (bicyclic) bond motifs is 2. The Morgan fingerprint density at radius 3 is 2.96 bits per heavy atom. The second-order valence-corrected chi connectivity index (χ2v) is 7.33. The number of aliphatic hydroxyl groups is 1. The van der Waals surface area contributed by atoms with Crippen LogP contribution >= 0.6 is 11.3 Å². The Hall–Kier alpha value is -2.19. The fraction of sp³-hybridized carbons (Fsp3) is 0.438. The maximum Gasteiger partial charge on any atom is 0.361 e. The van der Waals surface area contributed by atoms with E-state index in [-0.39, 0.29) is 17.6 Å². The highest BCUT2D eigenvalue weighted by Gasteiger charge is 2.54. The van der Waals surface area contributed by atoms with Gasteiger partial charge in [0, 0.05) is 6.92 Å². The molecule has 24 heavy (non-hydrogen) atoms. The Kier molecular flexibility index (Phi) is 3.29. The number of nitrogens with zero attached hydrogens (tertiary/aromatic N) is 3. The molecule has 0 bridgehead atoms. The number of β-lactam (4-membered cyclic amide) rings is 1. The van der Waals surface area contributed by atoms with Crippen molar-refractivity contribution in [2.75, 3.05) is 0 Å². The summed E-state index contributed by atoms with van der Waals surface area (Å²) in [5, 5.41) is 10.2. The Labute approximate surface area is 142 Å². The number of thiazole rings is 1. The molecule has 2 aliphatic rings. The first-order valence-electron chi connectivity index (χ1n) is 7.79. The summed E-state index contributed by atoms with van der Waals surface area (Å²) in [5.74, 6) is -0.129. The van der Waals surface area contributed by atoms with E-state index in [0.717, 1.165) is 10.7 Å². The number of amides is 1. The zero-order chi connectivity index (χ0) is 17.2. The summed E-state index contributed by atoms with van der Waals surface area (Å²) in [6.07, 6.45) is 5.34. The van der Waals surface area contributed by atoms with Crippen molar-refractivity contribution >= 4 is 28.0 Å². The van der Waals surface area contributed by atoms with Gasteiger partial charge in [0.1, 0.15) is 11.9 Å². The lowest BCUT2D eigenvalue weighted by atomic mass is 9.83. The van der Waals surface area contributed by atoms with Crippen LogP contribution in [0.4, 0.5) is 0 Å². The zero-order valence-corrected chi connectivity index (χ0v) is 14.4. The molecule has 1 saturated heterocycles. The molecule has 126 valence electrons. The van der Waals surface area contributed by atoms with E-state index in [4.69, 9.17) is 4.74 Å². The monoisotopic (exact) mass is 348 g/mol. The number of aryl methyl sites for hydroxylation is 2. The predicted molar refractivity (Wildman–Crippen MR) is 85.3 cm³/mol. The van der Waals surface area contributed by atoms with Gasteiger partial charge in [0.05, 0.1) is 25.1 Å². The predicted octanol–water partition coefficient (Wildman–Crippen LogP) is 0.535. The van der Waals surface area contributed by atoms with Gasteiger partial charge in [0.2, 0.25) is 15.8 Å². The van der Waals surface area contributed by atoms with Gasteiger partial charge in [-0.15, -0.1) is 0 Å². The van der Waals surface area contributed by atoms with Crippen LogP contribution in [0.5, 0.6) is 5.06 Å². The second-order valence-electron chi connectivity index (χ2n) is 6.30. The van der Waals surface area contributed by atoms with Crippen LogP contribution in [0.25, 0.3) is 4.83 Å². The molecular weight excluding hydrogens is 330 g/mol. The van der Waals surface area contributed by atoms with E-state index in [9.17, 15) is 14.7 Å². The fourth-order valence-electron chi connectivity index (χ4n) is 3.47. The van der Waals surface area contributed by atoms with E-state index < -0.39 is 18.0 Å². The summed E-state index contributed by atoms with van der Waals surface area (Å²) in [5.41, 5.74) is 0.280. The smallest absolute Gasteiger partial charge is 0.361 e. The van der Waals surface area contributed by atoms with E-state index in [0.29, 0.717) is 11.5 Å². The van der Waals surface area contributed by atoms with Gasteiger partial charge in [0.25, 0.3) is 5.82 Å². The SMILES string of the molecule is Cc1n2cc(OC(=O)C3=CC[C@@H]4[C@@H]([C@@H](C)O)C(=O)N34)sc2c[n+]1C. The molecule has 2 aromatic heterocycles. The van der Waals surface area contributed by atoms with Crippen LogP contribution in [0.1, 0.15) is 19.2 Å². The molecule has 0 aliphatic carbocycles. The van der Waals surface area contributed by atoms with E-state index in [2.05, 4.69) is 0 Å². The molecular formula is C16H18N3O4S+. The number of hydrogen-bond acceptors (Lipinski definition) is 5. The number of esters is 1. The van der Waals surface area contributed by atoms with E-state index in [1.807, 2.05) is 29.1 Å². The molecule has 7 nitrogen and oxygen atoms in total. The molecule has 0 unspecified atom stereocenters. The highest BCUT2D eigenvalue weighted by Crippen LogP contribution is 2.40. The average Bonchev–Trinajstić information content (AvgIpc) is 3.13. The van der Waals surface area contributed by atoms with Crippen LogP contribution in [0, 0.1) is 12.8 Å². The zero-order valence-electron chi connectivity index (χ0n) is 13.6. The van der Waals surface area contributed by atoms with Gasteiger partial charge in [-0.05, 0) is 24.7 Å². The van der Waals surface area contributed by atoms with Crippen molar-refractivity contribution in [2.45, 2.75) is 32.4 Å². The summed E-state index contributed by atoms with van der Waals surface area (Å²) in [6.45, 7) is 3.58. The number of carbonyl (C=O) groups is 2. The largest absolute Gasteiger partial charge is 0.407 e. The number of carbonyl (C=O) groups excluding carboxylic acids is 2. The molecule has 4 rings (SSSR count). The van der Waals surface area contributed by atoms with E-state index in [1.165, 1.54) is 16.2 Å². The first-order valence-corrected chi connectivity index (χ1v) is 8.60. The number of imidazole rings is 1. The second kappa shape index (κ2) is 5.15.